The Bertz CT molecular complexity index is 673. The van der Waals surface area contributed by atoms with Crippen LogP contribution >= 0.6 is 11.6 Å². The first-order valence-corrected chi connectivity index (χ1v) is 5.56. The third-order valence-corrected chi connectivity index (χ3v) is 2.86. The van der Waals surface area contributed by atoms with Crippen molar-refractivity contribution in [1.82, 2.24) is 19.6 Å². The van der Waals surface area contributed by atoms with E-state index in [1.165, 1.54) is 5.56 Å². The number of hydrogen-bond acceptors (Lipinski definition) is 3. The molecular formula is C12H9ClN4. The first-order chi connectivity index (χ1) is 8.25. The van der Waals surface area contributed by atoms with Gasteiger partial charge in [-0.25, -0.2) is 4.98 Å². The summed E-state index contributed by atoms with van der Waals surface area (Å²) in [7, 11) is 0. The van der Waals surface area contributed by atoms with Gasteiger partial charge in [0.1, 0.15) is 0 Å². The van der Waals surface area contributed by atoms with E-state index in [9.17, 15) is 0 Å². The second-order valence-electron chi connectivity index (χ2n) is 3.80. The largest absolute Gasteiger partial charge is 0.278 e. The van der Waals surface area contributed by atoms with Crippen LogP contribution in [-0.4, -0.2) is 19.6 Å². The van der Waals surface area contributed by atoms with Crippen LogP contribution in [0.4, 0.5) is 0 Å². The van der Waals surface area contributed by atoms with Gasteiger partial charge in [-0.15, -0.1) is 10.2 Å². The van der Waals surface area contributed by atoms with Crippen LogP contribution in [0.5, 0.6) is 0 Å². The topological polar surface area (TPSA) is 43.1 Å². The minimum atomic E-state index is 0.360. The Morgan fingerprint density at radius 1 is 1.12 bits per heavy atom. The van der Waals surface area contributed by atoms with Crippen LogP contribution in [0.1, 0.15) is 5.56 Å². The summed E-state index contributed by atoms with van der Waals surface area (Å²) < 4.78 is 1.83. The summed E-state index contributed by atoms with van der Waals surface area (Å²) in [5.41, 5.74) is 2.79. The Morgan fingerprint density at radius 2 is 1.88 bits per heavy atom. The molecule has 0 aliphatic heterocycles. The van der Waals surface area contributed by atoms with Crippen molar-refractivity contribution in [1.29, 1.82) is 0 Å². The maximum absolute atomic E-state index is 5.95. The molecule has 0 N–H and O–H groups in total. The van der Waals surface area contributed by atoms with Crippen LogP contribution in [0.15, 0.2) is 36.7 Å². The fourth-order valence-corrected chi connectivity index (χ4v) is 1.88. The van der Waals surface area contributed by atoms with Crippen molar-refractivity contribution in [3.05, 3.63) is 47.4 Å². The van der Waals surface area contributed by atoms with Crippen molar-refractivity contribution >= 4 is 17.2 Å². The van der Waals surface area contributed by atoms with Gasteiger partial charge in [0.2, 0.25) is 0 Å². The van der Waals surface area contributed by atoms with Crippen LogP contribution in [0.3, 0.4) is 0 Å². The molecule has 4 nitrogen and oxygen atoms in total. The van der Waals surface area contributed by atoms with Crippen molar-refractivity contribution < 1.29 is 0 Å². The van der Waals surface area contributed by atoms with Crippen LogP contribution in [0, 0.1) is 6.92 Å². The third-order valence-electron chi connectivity index (χ3n) is 2.59. The molecule has 17 heavy (non-hydrogen) atoms. The average Bonchev–Trinajstić information content (AvgIpc) is 2.75. The third kappa shape index (κ3) is 1.66. The Morgan fingerprint density at radius 3 is 2.65 bits per heavy atom. The van der Waals surface area contributed by atoms with Gasteiger partial charge in [0.15, 0.2) is 16.6 Å². The lowest BCUT2D eigenvalue weighted by molar-refractivity contribution is 1.11. The predicted octanol–water partition coefficient (Wildman–Crippen LogP) is 2.75. The van der Waals surface area contributed by atoms with E-state index in [1.54, 1.807) is 12.4 Å². The highest BCUT2D eigenvalue weighted by Crippen LogP contribution is 2.21. The molecule has 0 bridgehead atoms. The number of halogens is 1. The predicted molar refractivity (Wildman–Crippen MR) is 66.0 cm³/mol. The van der Waals surface area contributed by atoms with Gasteiger partial charge >= 0.3 is 0 Å². The first-order valence-electron chi connectivity index (χ1n) is 5.18. The summed E-state index contributed by atoms with van der Waals surface area (Å²) in [6, 6.07) is 8.11. The molecular weight excluding hydrogens is 236 g/mol. The highest BCUT2D eigenvalue weighted by Gasteiger charge is 2.10. The van der Waals surface area contributed by atoms with Crippen LogP contribution in [-0.2, 0) is 0 Å². The number of aryl methyl sites for hydroxylation is 1. The Kier molecular flexibility index (Phi) is 2.30. The summed E-state index contributed by atoms with van der Waals surface area (Å²) in [6.07, 6.45) is 3.44. The monoisotopic (exact) mass is 244 g/mol. The van der Waals surface area contributed by atoms with E-state index < -0.39 is 0 Å². The summed E-state index contributed by atoms with van der Waals surface area (Å²) in [4.78, 5) is 3.97. The van der Waals surface area contributed by atoms with Crippen LogP contribution < -0.4 is 0 Å². The quantitative estimate of drug-likeness (QED) is 0.661. The zero-order valence-electron chi connectivity index (χ0n) is 9.13. The number of fused-ring (bicyclic) bond motifs is 1. The SMILES string of the molecule is Cc1ccc(-c2nnc3c(Cl)nccn23)cc1. The molecule has 0 aliphatic rings. The Labute approximate surface area is 103 Å². The lowest BCUT2D eigenvalue weighted by Crippen LogP contribution is -1.90. The summed E-state index contributed by atoms with van der Waals surface area (Å²) in [5.74, 6) is 0.768. The highest BCUT2D eigenvalue weighted by molar-refractivity contribution is 6.32. The molecule has 0 fully saturated rings. The van der Waals surface area contributed by atoms with Crippen molar-refractivity contribution in [2.45, 2.75) is 6.92 Å². The number of hydrogen-bond donors (Lipinski definition) is 0. The first kappa shape index (κ1) is 10.2. The molecule has 0 radical (unpaired) electrons. The number of rotatable bonds is 1. The second-order valence-corrected chi connectivity index (χ2v) is 4.16. The maximum Gasteiger partial charge on any atom is 0.198 e. The lowest BCUT2D eigenvalue weighted by atomic mass is 10.1. The van der Waals surface area contributed by atoms with Crippen molar-refractivity contribution in [2.24, 2.45) is 0 Å². The van der Waals surface area contributed by atoms with Gasteiger partial charge in [-0.2, -0.15) is 0 Å². The molecule has 3 rings (SSSR count). The number of benzene rings is 1. The molecule has 0 spiro atoms. The molecule has 0 unspecified atom stereocenters. The maximum atomic E-state index is 5.95. The second kappa shape index (κ2) is 3.82. The smallest absolute Gasteiger partial charge is 0.198 e. The standard InChI is InChI=1S/C12H9ClN4/c1-8-2-4-9(5-3-8)11-15-16-12-10(13)14-6-7-17(11)12/h2-7H,1H3. The summed E-state index contributed by atoms with van der Waals surface area (Å²) in [6.45, 7) is 2.05. The van der Waals surface area contributed by atoms with E-state index in [2.05, 4.69) is 15.2 Å². The van der Waals surface area contributed by atoms with Crippen LogP contribution in [0.2, 0.25) is 5.15 Å². The molecule has 2 heterocycles. The number of aromatic nitrogens is 4. The fraction of sp³-hybridized carbons (Fsp3) is 0.0833. The van der Waals surface area contributed by atoms with Gasteiger partial charge in [-0.05, 0) is 6.92 Å². The van der Waals surface area contributed by atoms with Gasteiger partial charge in [0.05, 0.1) is 0 Å². The zero-order valence-corrected chi connectivity index (χ0v) is 9.89. The van der Waals surface area contributed by atoms with Gasteiger partial charge in [0.25, 0.3) is 0 Å². The van der Waals surface area contributed by atoms with Gasteiger partial charge in [-0.1, -0.05) is 41.4 Å². The molecule has 3 aromatic rings. The molecule has 84 valence electrons. The molecule has 0 aliphatic carbocycles. The average molecular weight is 245 g/mol. The van der Waals surface area contributed by atoms with Crippen molar-refractivity contribution in [2.75, 3.05) is 0 Å². The highest BCUT2D eigenvalue weighted by atomic mass is 35.5. The fourth-order valence-electron chi connectivity index (χ4n) is 1.70. The van der Waals surface area contributed by atoms with E-state index in [0.29, 0.717) is 10.8 Å². The normalized spacial score (nSPS) is 10.9. The molecule has 0 amide bonds. The molecule has 0 atom stereocenters. The Balaban J connectivity index is 2.24. The zero-order chi connectivity index (χ0) is 11.8. The van der Waals surface area contributed by atoms with Crippen molar-refractivity contribution in [3.63, 3.8) is 0 Å². The molecule has 0 saturated heterocycles. The minimum Gasteiger partial charge on any atom is -0.278 e. The van der Waals surface area contributed by atoms with Gasteiger partial charge < -0.3 is 0 Å². The lowest BCUT2D eigenvalue weighted by Gasteiger charge is -2.00. The summed E-state index contributed by atoms with van der Waals surface area (Å²) >= 11 is 5.95. The summed E-state index contributed by atoms with van der Waals surface area (Å²) in [5, 5.41) is 8.54. The Hall–Kier alpha value is -1.94. The van der Waals surface area contributed by atoms with E-state index in [1.807, 2.05) is 35.6 Å². The molecule has 0 saturated carbocycles. The minimum absolute atomic E-state index is 0.360. The van der Waals surface area contributed by atoms with Gasteiger partial charge in [-0.3, -0.25) is 4.40 Å². The molecule has 1 aromatic carbocycles. The number of nitrogens with zero attached hydrogens (tertiary/aromatic N) is 4. The van der Waals surface area contributed by atoms with Crippen LogP contribution in [0.25, 0.3) is 17.0 Å². The van der Waals surface area contributed by atoms with E-state index in [0.717, 1.165) is 11.4 Å². The van der Waals surface area contributed by atoms with Gasteiger partial charge in [0, 0.05) is 18.0 Å². The van der Waals surface area contributed by atoms with E-state index >= 15 is 0 Å². The van der Waals surface area contributed by atoms with Crippen molar-refractivity contribution in [3.8, 4) is 11.4 Å². The van der Waals surface area contributed by atoms with E-state index in [4.69, 9.17) is 11.6 Å². The van der Waals surface area contributed by atoms with E-state index in [-0.39, 0.29) is 0 Å². The molecule has 5 heteroatoms. The molecule has 2 aromatic heterocycles.